The number of hydrogen-bond acceptors (Lipinski definition) is 4. The van der Waals surface area contributed by atoms with Crippen LogP contribution in [0, 0.1) is 20.2 Å². The van der Waals surface area contributed by atoms with Crippen molar-refractivity contribution >= 4 is 11.6 Å². The molecule has 0 saturated carbocycles. The van der Waals surface area contributed by atoms with Crippen molar-refractivity contribution in [2.45, 2.75) is 6.42 Å². The molecule has 1 aliphatic rings. The molecule has 0 aliphatic heterocycles. The van der Waals surface area contributed by atoms with E-state index in [9.17, 15) is 20.2 Å². The van der Waals surface area contributed by atoms with Crippen molar-refractivity contribution in [1.82, 2.24) is 0 Å². The van der Waals surface area contributed by atoms with Gasteiger partial charge in [0.05, 0.1) is 22.3 Å². The topological polar surface area (TPSA) is 86.3 Å². The molecule has 0 aromatic heterocycles. The molecule has 1 rings (SSSR count). The Balaban J connectivity index is 3.12. The van der Waals surface area contributed by atoms with Crippen LogP contribution in [-0.2, 0) is 0 Å². The first-order valence-electron chi connectivity index (χ1n) is 3.56. The van der Waals surface area contributed by atoms with Gasteiger partial charge in [-0.15, -0.1) is 0 Å². The summed E-state index contributed by atoms with van der Waals surface area (Å²) in [6.07, 6.45) is 3.24. The summed E-state index contributed by atoms with van der Waals surface area (Å²) in [6.45, 7) is 0. The largest absolute Gasteiger partial charge is 0.275 e. The molecule has 0 radical (unpaired) electrons. The van der Waals surface area contributed by atoms with Crippen molar-refractivity contribution in [3.63, 3.8) is 0 Å². The maximum Gasteiger partial charge on any atom is 0.275 e. The zero-order valence-electron chi connectivity index (χ0n) is 6.84. The summed E-state index contributed by atoms with van der Waals surface area (Å²) in [6, 6.07) is 0. The van der Waals surface area contributed by atoms with Crippen LogP contribution in [0.15, 0.2) is 34.7 Å². The molecule has 7 heteroatoms. The molecule has 0 N–H and O–H groups in total. The second-order valence-electron chi connectivity index (χ2n) is 2.53. The van der Waals surface area contributed by atoms with Crippen LogP contribution >= 0.6 is 11.6 Å². The standard InChI is InChI=1S/C7H5ClN2O4/c8-5-1-2-6(9(11)12)4-7(3-5)10(13)14/h1-2,4H,3H2. The maximum atomic E-state index is 10.4. The fraction of sp³-hybridized carbons (Fsp3) is 0.143. The molecule has 0 bridgehead atoms. The van der Waals surface area contributed by atoms with E-state index in [0.717, 1.165) is 12.2 Å². The molecule has 0 aromatic rings. The second-order valence-corrected chi connectivity index (χ2v) is 3.02. The second kappa shape index (κ2) is 4.01. The highest BCUT2D eigenvalue weighted by Crippen LogP contribution is 2.21. The van der Waals surface area contributed by atoms with Gasteiger partial charge in [-0.25, -0.2) is 0 Å². The molecule has 0 spiro atoms. The van der Waals surface area contributed by atoms with Gasteiger partial charge < -0.3 is 0 Å². The predicted octanol–water partition coefficient (Wildman–Crippen LogP) is 1.83. The molecule has 6 nitrogen and oxygen atoms in total. The third kappa shape index (κ3) is 2.40. The van der Waals surface area contributed by atoms with Gasteiger partial charge in [0.2, 0.25) is 0 Å². The highest BCUT2D eigenvalue weighted by molar-refractivity contribution is 6.29. The van der Waals surface area contributed by atoms with Gasteiger partial charge in [-0.05, 0) is 6.08 Å². The van der Waals surface area contributed by atoms with Crippen molar-refractivity contribution in [2.75, 3.05) is 0 Å². The molecule has 0 fully saturated rings. The van der Waals surface area contributed by atoms with Crippen molar-refractivity contribution < 1.29 is 9.85 Å². The van der Waals surface area contributed by atoms with Gasteiger partial charge >= 0.3 is 0 Å². The van der Waals surface area contributed by atoms with Crippen LogP contribution in [0.2, 0.25) is 0 Å². The molecule has 0 saturated heterocycles. The summed E-state index contributed by atoms with van der Waals surface area (Å²) < 4.78 is 0. The van der Waals surface area contributed by atoms with E-state index in [-0.39, 0.29) is 22.8 Å². The van der Waals surface area contributed by atoms with E-state index in [0.29, 0.717) is 0 Å². The molecular weight excluding hydrogens is 212 g/mol. The Labute approximate surface area is 83.5 Å². The Morgan fingerprint density at radius 3 is 2.36 bits per heavy atom. The van der Waals surface area contributed by atoms with Crippen molar-refractivity contribution in [1.29, 1.82) is 0 Å². The van der Waals surface area contributed by atoms with Gasteiger partial charge in [0.25, 0.3) is 11.4 Å². The van der Waals surface area contributed by atoms with Crippen LogP contribution in [0.4, 0.5) is 0 Å². The van der Waals surface area contributed by atoms with Crippen LogP contribution < -0.4 is 0 Å². The van der Waals surface area contributed by atoms with Crippen molar-refractivity contribution in [2.24, 2.45) is 0 Å². The van der Waals surface area contributed by atoms with Crippen molar-refractivity contribution in [3.8, 4) is 0 Å². The summed E-state index contributed by atoms with van der Waals surface area (Å²) in [5.74, 6) is 0. The number of rotatable bonds is 2. The number of nitrogens with zero attached hydrogens (tertiary/aromatic N) is 2. The average Bonchev–Trinajstić information content (AvgIpc) is 2.26. The molecule has 1 aliphatic carbocycles. The average molecular weight is 217 g/mol. The number of hydrogen-bond donors (Lipinski definition) is 0. The molecule has 0 aromatic carbocycles. The molecule has 0 amide bonds. The highest BCUT2D eigenvalue weighted by atomic mass is 35.5. The van der Waals surface area contributed by atoms with Gasteiger partial charge in [0, 0.05) is 11.1 Å². The summed E-state index contributed by atoms with van der Waals surface area (Å²) in [7, 11) is 0. The van der Waals surface area contributed by atoms with Crippen LogP contribution in [-0.4, -0.2) is 9.85 Å². The maximum absolute atomic E-state index is 10.4. The summed E-state index contributed by atoms with van der Waals surface area (Å²) in [5, 5.41) is 21.0. The van der Waals surface area contributed by atoms with E-state index in [2.05, 4.69) is 0 Å². The van der Waals surface area contributed by atoms with Gasteiger partial charge in [0.1, 0.15) is 0 Å². The van der Waals surface area contributed by atoms with Gasteiger partial charge in [-0.2, -0.15) is 0 Å². The first kappa shape index (κ1) is 10.4. The molecule has 0 atom stereocenters. The lowest BCUT2D eigenvalue weighted by atomic mass is 10.3. The SMILES string of the molecule is O=[N+]([O-])C1=CC=C(Cl)CC([N+](=O)[O-])=C1. The lowest BCUT2D eigenvalue weighted by Crippen LogP contribution is -2.01. The minimum Gasteiger partial charge on any atom is -0.259 e. The lowest BCUT2D eigenvalue weighted by molar-refractivity contribution is -0.435. The third-order valence-corrected chi connectivity index (χ3v) is 1.80. The molecule has 14 heavy (non-hydrogen) atoms. The summed E-state index contributed by atoms with van der Waals surface area (Å²) in [4.78, 5) is 19.4. The zero-order chi connectivity index (χ0) is 10.7. The molecule has 0 heterocycles. The molecular formula is C7H5ClN2O4. The van der Waals surface area contributed by atoms with E-state index >= 15 is 0 Å². The van der Waals surface area contributed by atoms with E-state index in [4.69, 9.17) is 11.6 Å². The lowest BCUT2D eigenvalue weighted by Gasteiger charge is -1.93. The number of halogens is 1. The van der Waals surface area contributed by atoms with E-state index in [1.807, 2.05) is 0 Å². The van der Waals surface area contributed by atoms with E-state index in [1.165, 1.54) is 6.08 Å². The normalized spacial score (nSPS) is 16.2. The summed E-state index contributed by atoms with van der Waals surface area (Å²) in [5.41, 5.74) is -0.626. The summed E-state index contributed by atoms with van der Waals surface area (Å²) >= 11 is 5.58. The van der Waals surface area contributed by atoms with Gasteiger partial charge in [-0.3, -0.25) is 20.2 Å². The van der Waals surface area contributed by atoms with E-state index in [1.54, 1.807) is 0 Å². The minimum absolute atomic E-state index is 0.0948. The quantitative estimate of drug-likeness (QED) is 0.520. The van der Waals surface area contributed by atoms with Gasteiger partial charge in [0.15, 0.2) is 0 Å². The van der Waals surface area contributed by atoms with Crippen molar-refractivity contribution in [3.05, 3.63) is 54.9 Å². The van der Waals surface area contributed by atoms with Crippen LogP contribution in [0.25, 0.3) is 0 Å². The highest BCUT2D eigenvalue weighted by Gasteiger charge is 2.20. The first-order chi connectivity index (χ1) is 6.50. The fourth-order valence-electron chi connectivity index (χ4n) is 0.908. The Hall–Kier alpha value is -1.69. The van der Waals surface area contributed by atoms with Crippen LogP contribution in [0.1, 0.15) is 6.42 Å². The van der Waals surface area contributed by atoms with Gasteiger partial charge in [-0.1, -0.05) is 11.6 Å². The monoisotopic (exact) mass is 216 g/mol. The Morgan fingerprint density at radius 2 is 1.86 bits per heavy atom. The van der Waals surface area contributed by atoms with Crippen LogP contribution in [0.5, 0.6) is 0 Å². The third-order valence-electron chi connectivity index (χ3n) is 1.54. The first-order valence-corrected chi connectivity index (χ1v) is 3.94. The molecule has 74 valence electrons. The molecule has 0 unspecified atom stereocenters. The minimum atomic E-state index is -0.699. The number of allylic oxidation sites excluding steroid dienone is 4. The number of nitro groups is 2. The Kier molecular flexibility index (Phi) is 2.98. The smallest absolute Gasteiger partial charge is 0.259 e. The van der Waals surface area contributed by atoms with Crippen LogP contribution in [0.3, 0.4) is 0 Å². The predicted molar refractivity (Wildman–Crippen MR) is 48.7 cm³/mol. The Bertz CT molecular complexity index is 383. The zero-order valence-corrected chi connectivity index (χ0v) is 7.60. The Morgan fingerprint density at radius 1 is 1.21 bits per heavy atom. The van der Waals surface area contributed by atoms with E-state index < -0.39 is 9.85 Å². The fourth-order valence-corrected chi connectivity index (χ4v) is 1.11.